The van der Waals surface area contributed by atoms with Gasteiger partial charge < -0.3 is 11.1 Å². The van der Waals surface area contributed by atoms with Gasteiger partial charge in [0.15, 0.2) is 0 Å². The van der Waals surface area contributed by atoms with Crippen LogP contribution in [0.15, 0.2) is 18.2 Å². The summed E-state index contributed by atoms with van der Waals surface area (Å²) in [6.07, 6.45) is 0. The third-order valence-corrected chi connectivity index (χ3v) is 1.41. The predicted octanol–water partition coefficient (Wildman–Crippen LogP) is 1.22. The molecule has 0 unspecified atom stereocenters. The molecule has 1 aromatic rings. The average molecular weight is 199 g/mol. The van der Waals surface area contributed by atoms with Gasteiger partial charge in [0.05, 0.1) is 4.92 Å². The minimum atomic E-state index is -0.968. The van der Waals surface area contributed by atoms with E-state index in [1.165, 1.54) is 6.07 Å². The number of benzene rings is 1. The number of anilines is 1. The molecular formula is C7H6FN3O3. The van der Waals surface area contributed by atoms with Crippen LogP contribution in [0, 0.1) is 15.9 Å². The second-order valence-corrected chi connectivity index (χ2v) is 2.41. The first-order valence-corrected chi connectivity index (χ1v) is 3.51. The highest BCUT2D eigenvalue weighted by Gasteiger charge is 2.14. The minimum absolute atomic E-state index is 0.0746. The van der Waals surface area contributed by atoms with Crippen molar-refractivity contribution < 1.29 is 14.1 Å². The predicted molar refractivity (Wildman–Crippen MR) is 46.3 cm³/mol. The van der Waals surface area contributed by atoms with Crippen molar-refractivity contribution in [1.82, 2.24) is 0 Å². The van der Waals surface area contributed by atoms with Gasteiger partial charge in [-0.05, 0) is 12.1 Å². The monoisotopic (exact) mass is 199 g/mol. The first-order chi connectivity index (χ1) is 6.50. The fourth-order valence-electron chi connectivity index (χ4n) is 0.873. The number of amides is 2. The highest BCUT2D eigenvalue weighted by Crippen LogP contribution is 2.21. The van der Waals surface area contributed by atoms with Crippen LogP contribution in [-0.2, 0) is 0 Å². The van der Waals surface area contributed by atoms with Gasteiger partial charge in [0, 0.05) is 11.8 Å². The number of urea groups is 1. The molecule has 0 aliphatic carbocycles. The van der Waals surface area contributed by atoms with Crippen LogP contribution in [0.2, 0.25) is 0 Å². The summed E-state index contributed by atoms with van der Waals surface area (Å²) in [5.41, 5.74) is 4.14. The molecule has 0 saturated heterocycles. The molecule has 3 N–H and O–H groups in total. The number of nitrogens with zero attached hydrogens (tertiary/aromatic N) is 1. The molecule has 1 rings (SSSR count). The van der Waals surface area contributed by atoms with Crippen LogP contribution in [0.25, 0.3) is 0 Å². The molecule has 0 bridgehead atoms. The average Bonchev–Trinajstić information content (AvgIpc) is 2.07. The van der Waals surface area contributed by atoms with Crippen molar-refractivity contribution in [3.05, 3.63) is 34.1 Å². The second kappa shape index (κ2) is 3.69. The number of hydrogen-bond acceptors (Lipinski definition) is 3. The summed E-state index contributed by atoms with van der Waals surface area (Å²) in [5, 5.41) is 12.4. The van der Waals surface area contributed by atoms with E-state index in [0.717, 1.165) is 12.1 Å². The number of nitro benzene ring substituents is 1. The molecule has 74 valence electrons. The lowest BCUT2D eigenvalue weighted by atomic mass is 10.2. The van der Waals surface area contributed by atoms with Gasteiger partial charge in [0.2, 0.25) is 5.82 Å². The van der Waals surface area contributed by atoms with Crippen LogP contribution in [0.1, 0.15) is 0 Å². The van der Waals surface area contributed by atoms with Crippen LogP contribution in [0.3, 0.4) is 0 Å². The van der Waals surface area contributed by atoms with Gasteiger partial charge in [0.1, 0.15) is 0 Å². The lowest BCUT2D eigenvalue weighted by molar-refractivity contribution is -0.387. The number of nitrogens with two attached hydrogens (primary N) is 1. The molecule has 2 amide bonds. The first kappa shape index (κ1) is 9.90. The van der Waals surface area contributed by atoms with E-state index in [0.29, 0.717) is 0 Å². The summed E-state index contributed by atoms with van der Waals surface area (Å²) in [4.78, 5) is 19.8. The Morgan fingerprint density at radius 1 is 1.57 bits per heavy atom. The number of rotatable bonds is 2. The van der Waals surface area contributed by atoms with E-state index in [-0.39, 0.29) is 5.69 Å². The van der Waals surface area contributed by atoms with Crippen molar-refractivity contribution in [3.63, 3.8) is 0 Å². The van der Waals surface area contributed by atoms with Crippen molar-refractivity contribution >= 4 is 17.4 Å². The van der Waals surface area contributed by atoms with Crippen LogP contribution >= 0.6 is 0 Å². The van der Waals surface area contributed by atoms with Gasteiger partial charge >= 0.3 is 11.7 Å². The summed E-state index contributed by atoms with van der Waals surface area (Å²) in [7, 11) is 0. The van der Waals surface area contributed by atoms with Crippen LogP contribution in [-0.4, -0.2) is 11.0 Å². The fraction of sp³-hybridized carbons (Fsp3) is 0. The minimum Gasteiger partial charge on any atom is -0.351 e. The van der Waals surface area contributed by atoms with E-state index in [2.05, 4.69) is 5.32 Å². The molecule has 0 radical (unpaired) electrons. The van der Waals surface area contributed by atoms with Crippen molar-refractivity contribution in [2.24, 2.45) is 5.73 Å². The lowest BCUT2D eigenvalue weighted by Gasteiger charge is -2.00. The maximum absolute atomic E-state index is 12.8. The molecule has 0 heterocycles. The Balaban J connectivity index is 3.06. The van der Waals surface area contributed by atoms with E-state index in [9.17, 15) is 19.3 Å². The van der Waals surface area contributed by atoms with E-state index >= 15 is 0 Å². The molecule has 0 aliphatic rings. The summed E-state index contributed by atoms with van der Waals surface area (Å²) >= 11 is 0. The molecule has 0 atom stereocenters. The van der Waals surface area contributed by atoms with Gasteiger partial charge in [0.25, 0.3) is 0 Å². The molecular weight excluding hydrogens is 193 g/mol. The molecule has 14 heavy (non-hydrogen) atoms. The van der Waals surface area contributed by atoms with Crippen molar-refractivity contribution in [1.29, 1.82) is 0 Å². The van der Waals surface area contributed by atoms with Crippen LogP contribution in [0.5, 0.6) is 0 Å². The van der Waals surface area contributed by atoms with E-state index in [4.69, 9.17) is 5.73 Å². The summed E-state index contributed by atoms with van der Waals surface area (Å²) in [6.45, 7) is 0. The molecule has 6 nitrogen and oxygen atoms in total. The highest BCUT2D eigenvalue weighted by atomic mass is 19.1. The Bertz CT molecular complexity index is 394. The number of hydrogen-bond donors (Lipinski definition) is 2. The summed E-state index contributed by atoms with van der Waals surface area (Å²) in [5.74, 6) is -0.968. The number of carbonyl (C=O) groups excluding carboxylic acids is 1. The van der Waals surface area contributed by atoms with Crippen LogP contribution < -0.4 is 11.1 Å². The Morgan fingerprint density at radius 2 is 2.21 bits per heavy atom. The zero-order valence-electron chi connectivity index (χ0n) is 6.86. The Labute approximate surface area is 77.7 Å². The molecule has 1 aromatic carbocycles. The summed E-state index contributed by atoms with van der Waals surface area (Å²) in [6, 6.07) is 2.07. The third kappa shape index (κ3) is 2.16. The first-order valence-electron chi connectivity index (χ1n) is 3.51. The SMILES string of the molecule is NC(=O)Nc1ccc(F)c([N+](=O)[O-])c1. The van der Waals surface area contributed by atoms with Crippen molar-refractivity contribution in [3.8, 4) is 0 Å². The largest absolute Gasteiger partial charge is 0.351 e. The number of carbonyl (C=O) groups is 1. The fourth-order valence-corrected chi connectivity index (χ4v) is 0.873. The van der Waals surface area contributed by atoms with Crippen LogP contribution in [0.4, 0.5) is 20.6 Å². The molecule has 0 spiro atoms. The van der Waals surface area contributed by atoms with Gasteiger partial charge in [-0.25, -0.2) is 4.79 Å². The number of primary amides is 1. The lowest BCUT2D eigenvalue weighted by Crippen LogP contribution is -2.19. The summed E-state index contributed by atoms with van der Waals surface area (Å²) < 4.78 is 12.8. The van der Waals surface area contributed by atoms with Crippen molar-refractivity contribution in [2.75, 3.05) is 5.32 Å². The molecule has 0 aliphatic heterocycles. The van der Waals surface area contributed by atoms with Gasteiger partial charge in [-0.1, -0.05) is 0 Å². The molecule has 0 fully saturated rings. The number of nitrogens with one attached hydrogen (secondary N) is 1. The van der Waals surface area contributed by atoms with E-state index in [1.807, 2.05) is 0 Å². The molecule has 0 saturated carbocycles. The smallest absolute Gasteiger partial charge is 0.316 e. The Morgan fingerprint density at radius 3 is 2.71 bits per heavy atom. The molecule has 0 aromatic heterocycles. The highest BCUT2D eigenvalue weighted by molar-refractivity contribution is 5.88. The normalized spacial score (nSPS) is 9.50. The van der Waals surface area contributed by atoms with Gasteiger partial charge in [-0.2, -0.15) is 4.39 Å². The molecule has 7 heteroatoms. The van der Waals surface area contributed by atoms with Crippen molar-refractivity contribution in [2.45, 2.75) is 0 Å². The quantitative estimate of drug-likeness (QED) is 0.553. The zero-order chi connectivity index (χ0) is 10.7. The topological polar surface area (TPSA) is 98.3 Å². The Kier molecular flexibility index (Phi) is 2.61. The third-order valence-electron chi connectivity index (χ3n) is 1.41. The number of halogens is 1. The van der Waals surface area contributed by atoms with Gasteiger partial charge in [-0.3, -0.25) is 10.1 Å². The second-order valence-electron chi connectivity index (χ2n) is 2.41. The Hall–Kier alpha value is -2.18. The standard InChI is InChI=1S/C7H6FN3O3/c8-5-2-1-4(10-7(9)12)3-6(5)11(13)14/h1-3H,(H3,9,10,12). The van der Waals surface area contributed by atoms with E-state index < -0.39 is 22.5 Å². The van der Waals surface area contributed by atoms with E-state index in [1.54, 1.807) is 0 Å². The maximum Gasteiger partial charge on any atom is 0.316 e. The van der Waals surface area contributed by atoms with Gasteiger partial charge in [-0.15, -0.1) is 0 Å². The number of nitro groups is 1. The maximum atomic E-state index is 12.8. The zero-order valence-corrected chi connectivity index (χ0v) is 6.86.